The molecule has 1 aromatic heterocycles. The van der Waals surface area contributed by atoms with Crippen LogP contribution in [0.2, 0.25) is 0 Å². The summed E-state index contributed by atoms with van der Waals surface area (Å²) in [7, 11) is 1.76. The second-order valence-electron chi connectivity index (χ2n) is 5.43. The first-order valence-corrected chi connectivity index (χ1v) is 8.34. The Morgan fingerprint density at radius 3 is 3.09 bits per heavy atom. The number of hydrogen-bond donors (Lipinski definition) is 2. The normalized spacial score (nSPS) is 18.3. The summed E-state index contributed by atoms with van der Waals surface area (Å²) in [6, 6.07) is 0. The van der Waals surface area contributed by atoms with Crippen LogP contribution in [0.25, 0.3) is 0 Å². The predicted molar refractivity (Wildman–Crippen MR) is 88.6 cm³/mol. The van der Waals surface area contributed by atoms with Gasteiger partial charge in [-0.1, -0.05) is 6.92 Å². The van der Waals surface area contributed by atoms with Gasteiger partial charge in [-0.25, -0.2) is 0 Å². The third kappa shape index (κ3) is 6.15. The van der Waals surface area contributed by atoms with Crippen LogP contribution in [0.1, 0.15) is 25.6 Å². The number of aromatic nitrogens is 3. The van der Waals surface area contributed by atoms with Crippen molar-refractivity contribution in [1.82, 2.24) is 25.4 Å². The van der Waals surface area contributed by atoms with Crippen LogP contribution in [0.3, 0.4) is 0 Å². The van der Waals surface area contributed by atoms with Crippen LogP contribution in [-0.2, 0) is 22.4 Å². The van der Waals surface area contributed by atoms with Crippen molar-refractivity contribution in [2.45, 2.75) is 38.8 Å². The Labute approximate surface area is 137 Å². The number of guanidine groups is 1. The molecule has 0 aliphatic carbocycles. The molecule has 2 rings (SSSR count). The van der Waals surface area contributed by atoms with Crippen molar-refractivity contribution in [1.29, 1.82) is 0 Å². The number of nitrogens with one attached hydrogen (secondary N) is 2. The lowest BCUT2D eigenvalue weighted by Crippen LogP contribution is -2.40. The van der Waals surface area contributed by atoms with Gasteiger partial charge >= 0.3 is 0 Å². The minimum Gasteiger partial charge on any atom is -0.377 e. The number of hydrogen-bond acceptors (Lipinski definition) is 5. The average Bonchev–Trinajstić information content (AvgIpc) is 3.24. The summed E-state index contributed by atoms with van der Waals surface area (Å²) in [4.78, 5) is 4.20. The van der Waals surface area contributed by atoms with Gasteiger partial charge in [-0.15, -0.1) is 10.2 Å². The van der Waals surface area contributed by atoms with Crippen LogP contribution in [0.15, 0.2) is 11.3 Å². The molecule has 1 aromatic rings. The largest absolute Gasteiger partial charge is 0.377 e. The van der Waals surface area contributed by atoms with E-state index in [-0.39, 0.29) is 6.10 Å². The van der Waals surface area contributed by atoms with Crippen LogP contribution >= 0.6 is 0 Å². The van der Waals surface area contributed by atoms with Crippen molar-refractivity contribution in [3.8, 4) is 0 Å². The van der Waals surface area contributed by atoms with Gasteiger partial charge in [0, 0.05) is 39.7 Å². The summed E-state index contributed by atoms with van der Waals surface area (Å²) in [5, 5.41) is 14.5. The molecule has 130 valence electrons. The standard InChI is InChI=1S/C15H28N6O2/c1-3-14-20-19-12-21(14)8-6-17-15(16-2)18-7-10-22-11-13-5-4-9-23-13/h12-13H,3-11H2,1-2H3,(H2,16,17,18). The maximum atomic E-state index is 5.62. The lowest BCUT2D eigenvalue weighted by Gasteiger charge is -2.14. The molecule has 0 aromatic carbocycles. The lowest BCUT2D eigenvalue weighted by atomic mass is 10.2. The quantitative estimate of drug-likeness (QED) is 0.383. The lowest BCUT2D eigenvalue weighted by molar-refractivity contribution is 0.0191. The van der Waals surface area contributed by atoms with Gasteiger partial charge in [0.25, 0.3) is 0 Å². The molecule has 1 saturated heterocycles. The minimum atomic E-state index is 0.281. The fourth-order valence-corrected chi connectivity index (χ4v) is 2.49. The van der Waals surface area contributed by atoms with Crippen molar-refractivity contribution < 1.29 is 9.47 Å². The van der Waals surface area contributed by atoms with Crippen molar-refractivity contribution in [3.05, 3.63) is 12.2 Å². The van der Waals surface area contributed by atoms with E-state index >= 15 is 0 Å². The van der Waals surface area contributed by atoms with E-state index in [0.29, 0.717) is 13.2 Å². The molecule has 2 N–H and O–H groups in total. The van der Waals surface area contributed by atoms with E-state index in [9.17, 15) is 0 Å². The molecule has 0 spiro atoms. The molecular weight excluding hydrogens is 296 g/mol. The molecule has 2 heterocycles. The molecule has 0 radical (unpaired) electrons. The number of rotatable bonds is 9. The molecule has 0 saturated carbocycles. The summed E-state index contributed by atoms with van der Waals surface area (Å²) in [5.41, 5.74) is 0. The molecule has 1 unspecified atom stereocenters. The van der Waals surface area contributed by atoms with Gasteiger partial charge in [-0.3, -0.25) is 4.99 Å². The zero-order valence-corrected chi connectivity index (χ0v) is 14.1. The maximum Gasteiger partial charge on any atom is 0.191 e. The van der Waals surface area contributed by atoms with Crippen LogP contribution in [0.5, 0.6) is 0 Å². The highest BCUT2D eigenvalue weighted by Crippen LogP contribution is 2.11. The van der Waals surface area contributed by atoms with Crippen LogP contribution in [0.4, 0.5) is 0 Å². The molecule has 23 heavy (non-hydrogen) atoms. The third-order valence-corrected chi connectivity index (χ3v) is 3.75. The van der Waals surface area contributed by atoms with Gasteiger partial charge in [0.2, 0.25) is 0 Å². The summed E-state index contributed by atoms with van der Waals surface area (Å²) in [6.45, 7) is 6.57. The van der Waals surface area contributed by atoms with E-state index < -0.39 is 0 Å². The number of aliphatic imine (C=N–C) groups is 1. The molecule has 1 aliphatic rings. The van der Waals surface area contributed by atoms with Gasteiger partial charge in [-0.05, 0) is 12.8 Å². The van der Waals surface area contributed by atoms with E-state index in [1.54, 1.807) is 13.4 Å². The number of aryl methyl sites for hydroxylation is 1. The topological polar surface area (TPSA) is 85.6 Å². The summed E-state index contributed by atoms with van der Waals surface area (Å²) in [5.74, 6) is 1.77. The highest BCUT2D eigenvalue weighted by molar-refractivity contribution is 5.79. The van der Waals surface area contributed by atoms with E-state index in [0.717, 1.165) is 57.3 Å². The molecule has 8 nitrogen and oxygen atoms in total. The van der Waals surface area contributed by atoms with Crippen LogP contribution in [-0.4, -0.2) is 66.8 Å². The van der Waals surface area contributed by atoms with Crippen molar-refractivity contribution >= 4 is 5.96 Å². The van der Waals surface area contributed by atoms with E-state index in [2.05, 4.69) is 32.7 Å². The molecule has 8 heteroatoms. The second kappa shape index (κ2) is 10.2. The van der Waals surface area contributed by atoms with Gasteiger partial charge in [0.05, 0.1) is 19.3 Å². The Balaban J connectivity index is 1.54. The Hall–Kier alpha value is -1.67. The Kier molecular flexibility index (Phi) is 7.82. The summed E-state index contributed by atoms with van der Waals surface area (Å²) >= 11 is 0. The fourth-order valence-electron chi connectivity index (χ4n) is 2.49. The average molecular weight is 324 g/mol. The molecule has 0 amide bonds. The first-order chi connectivity index (χ1) is 11.3. The molecule has 0 bridgehead atoms. The Morgan fingerprint density at radius 2 is 2.35 bits per heavy atom. The Bertz CT molecular complexity index is 470. The van der Waals surface area contributed by atoms with Crippen molar-refractivity contribution in [3.63, 3.8) is 0 Å². The monoisotopic (exact) mass is 324 g/mol. The molecule has 1 atom stereocenters. The van der Waals surface area contributed by atoms with Gasteiger partial charge in [0.1, 0.15) is 12.2 Å². The van der Waals surface area contributed by atoms with Crippen LogP contribution < -0.4 is 10.6 Å². The molecule has 1 fully saturated rings. The number of ether oxygens (including phenoxy) is 2. The first kappa shape index (κ1) is 17.7. The SMILES string of the molecule is CCc1nncn1CCNC(=NC)NCCOCC1CCCO1. The predicted octanol–water partition coefficient (Wildman–Crippen LogP) is 0.201. The van der Waals surface area contributed by atoms with Gasteiger partial charge in [-0.2, -0.15) is 0 Å². The van der Waals surface area contributed by atoms with E-state index in [1.165, 1.54) is 0 Å². The van der Waals surface area contributed by atoms with Gasteiger partial charge < -0.3 is 24.7 Å². The smallest absolute Gasteiger partial charge is 0.191 e. The van der Waals surface area contributed by atoms with Crippen LogP contribution in [0, 0.1) is 0 Å². The first-order valence-electron chi connectivity index (χ1n) is 8.34. The Morgan fingerprint density at radius 1 is 1.48 bits per heavy atom. The zero-order chi connectivity index (χ0) is 16.3. The molecule has 1 aliphatic heterocycles. The number of nitrogens with zero attached hydrogens (tertiary/aromatic N) is 4. The van der Waals surface area contributed by atoms with Crippen molar-refractivity contribution in [2.75, 3.05) is 40.0 Å². The summed E-state index contributed by atoms with van der Waals surface area (Å²) < 4.78 is 13.2. The highest BCUT2D eigenvalue weighted by Gasteiger charge is 2.14. The third-order valence-electron chi connectivity index (χ3n) is 3.75. The van der Waals surface area contributed by atoms with E-state index in [1.807, 2.05) is 4.57 Å². The van der Waals surface area contributed by atoms with Crippen molar-refractivity contribution in [2.24, 2.45) is 4.99 Å². The zero-order valence-electron chi connectivity index (χ0n) is 14.1. The van der Waals surface area contributed by atoms with Gasteiger partial charge in [0.15, 0.2) is 5.96 Å². The van der Waals surface area contributed by atoms with E-state index in [4.69, 9.17) is 9.47 Å². The summed E-state index contributed by atoms with van der Waals surface area (Å²) in [6.07, 6.45) is 5.18. The maximum absolute atomic E-state index is 5.62. The molecular formula is C15H28N6O2. The minimum absolute atomic E-state index is 0.281. The second-order valence-corrected chi connectivity index (χ2v) is 5.43. The highest BCUT2D eigenvalue weighted by atomic mass is 16.5. The fraction of sp³-hybridized carbons (Fsp3) is 0.800.